The zero-order valence-corrected chi connectivity index (χ0v) is 12.2. The average Bonchev–Trinajstić information content (AvgIpc) is 2.93. The number of aliphatic hydroxyl groups excluding tert-OH is 1. The van der Waals surface area contributed by atoms with Crippen molar-refractivity contribution in [2.45, 2.75) is 6.10 Å². The molecule has 7 nitrogen and oxygen atoms in total. The van der Waals surface area contributed by atoms with Crippen LogP contribution in [-0.2, 0) is 0 Å². The number of nitro groups is 1. The molecule has 0 aliphatic rings. The number of imidazole rings is 1. The summed E-state index contributed by atoms with van der Waals surface area (Å²) >= 11 is 0. The normalized spacial score (nSPS) is 12.3. The number of aromatic nitrogens is 2. The molecule has 0 spiro atoms. The highest BCUT2D eigenvalue weighted by molar-refractivity contribution is 5.62. The Labute approximate surface area is 134 Å². The fourth-order valence-corrected chi connectivity index (χ4v) is 2.31. The number of nitrogens with one attached hydrogen (secondary N) is 1. The smallest absolute Gasteiger partial charge is 0.372 e. The van der Waals surface area contributed by atoms with Gasteiger partial charge in [0, 0.05) is 12.6 Å². The topological polar surface area (TPSA) is 92.7 Å². The van der Waals surface area contributed by atoms with Crippen molar-refractivity contribution in [2.75, 3.05) is 11.9 Å². The van der Waals surface area contributed by atoms with Crippen LogP contribution in [0.2, 0.25) is 0 Å². The molecule has 0 aliphatic heterocycles. The van der Waals surface area contributed by atoms with Crippen molar-refractivity contribution in [3.05, 3.63) is 69.9 Å². The lowest BCUT2D eigenvalue weighted by Gasteiger charge is -2.12. The molecule has 0 amide bonds. The predicted octanol–water partition coefficient (Wildman–Crippen LogP) is 2.67. The Balaban J connectivity index is 1.83. The molecule has 0 saturated heterocycles. The fourth-order valence-electron chi connectivity index (χ4n) is 2.31. The van der Waals surface area contributed by atoms with Gasteiger partial charge in [0.2, 0.25) is 11.5 Å². The van der Waals surface area contributed by atoms with E-state index in [9.17, 15) is 24.0 Å². The van der Waals surface area contributed by atoms with Crippen LogP contribution in [0.4, 0.5) is 20.4 Å². The standard InChI is InChI=1S/C15H12F2N4O3/c16-10-5-4-9(7-11(10)17)12(22)8-18-14-15(21(23)24)20-6-2-1-3-13(20)19-14/h1-7,12,18,22H,8H2. The van der Waals surface area contributed by atoms with Gasteiger partial charge in [-0.25, -0.2) is 8.78 Å². The Morgan fingerprint density at radius 3 is 2.79 bits per heavy atom. The second-order valence-electron chi connectivity index (χ2n) is 5.04. The molecule has 2 heterocycles. The number of hydrogen-bond donors (Lipinski definition) is 2. The minimum absolute atomic E-state index is 0.0205. The number of hydrogen-bond acceptors (Lipinski definition) is 5. The third-order valence-corrected chi connectivity index (χ3v) is 3.47. The number of pyridine rings is 1. The van der Waals surface area contributed by atoms with Crippen LogP contribution >= 0.6 is 0 Å². The highest BCUT2D eigenvalue weighted by Gasteiger charge is 2.23. The summed E-state index contributed by atoms with van der Waals surface area (Å²) in [6.07, 6.45) is 0.307. The number of nitrogens with zero attached hydrogens (tertiary/aromatic N) is 3. The average molecular weight is 334 g/mol. The molecule has 0 aliphatic carbocycles. The first kappa shape index (κ1) is 15.8. The largest absolute Gasteiger partial charge is 0.387 e. The first-order chi connectivity index (χ1) is 11.5. The highest BCUT2D eigenvalue weighted by Crippen LogP contribution is 2.26. The van der Waals surface area contributed by atoms with E-state index < -0.39 is 22.7 Å². The molecule has 2 aromatic heterocycles. The number of halogens is 2. The van der Waals surface area contributed by atoms with Crippen LogP contribution in [0.1, 0.15) is 11.7 Å². The molecular weight excluding hydrogens is 322 g/mol. The molecule has 0 saturated carbocycles. The zero-order chi connectivity index (χ0) is 17.3. The number of fused-ring (bicyclic) bond motifs is 1. The molecule has 1 atom stereocenters. The van der Waals surface area contributed by atoms with Gasteiger partial charge in [-0.1, -0.05) is 12.1 Å². The molecule has 24 heavy (non-hydrogen) atoms. The fraction of sp³-hybridized carbons (Fsp3) is 0.133. The summed E-state index contributed by atoms with van der Waals surface area (Å²) in [4.78, 5) is 14.7. The summed E-state index contributed by atoms with van der Waals surface area (Å²) in [5, 5.41) is 24.0. The van der Waals surface area contributed by atoms with Crippen molar-refractivity contribution in [1.29, 1.82) is 0 Å². The number of aliphatic hydroxyl groups is 1. The summed E-state index contributed by atoms with van der Waals surface area (Å²) in [6.45, 7) is -0.157. The summed E-state index contributed by atoms with van der Waals surface area (Å²) in [5.74, 6) is -2.39. The van der Waals surface area contributed by atoms with Gasteiger partial charge in [-0.2, -0.15) is 9.38 Å². The van der Waals surface area contributed by atoms with Gasteiger partial charge in [-0.3, -0.25) is 0 Å². The molecule has 3 aromatic rings. The van der Waals surface area contributed by atoms with Gasteiger partial charge in [-0.15, -0.1) is 0 Å². The lowest BCUT2D eigenvalue weighted by atomic mass is 10.1. The quantitative estimate of drug-likeness (QED) is 0.553. The maximum absolute atomic E-state index is 13.2. The van der Waals surface area contributed by atoms with Gasteiger partial charge in [0.05, 0.1) is 12.3 Å². The van der Waals surface area contributed by atoms with Crippen LogP contribution in [0, 0.1) is 21.7 Å². The maximum atomic E-state index is 13.2. The summed E-state index contributed by atoms with van der Waals surface area (Å²) in [5.41, 5.74) is 0.516. The molecule has 2 N–H and O–H groups in total. The van der Waals surface area contributed by atoms with Crippen molar-refractivity contribution in [1.82, 2.24) is 9.38 Å². The first-order valence-electron chi connectivity index (χ1n) is 6.95. The number of benzene rings is 1. The first-order valence-corrected chi connectivity index (χ1v) is 6.95. The van der Waals surface area contributed by atoms with Crippen LogP contribution < -0.4 is 5.32 Å². The molecule has 1 unspecified atom stereocenters. The molecule has 124 valence electrons. The van der Waals surface area contributed by atoms with Crippen molar-refractivity contribution in [3.63, 3.8) is 0 Å². The van der Waals surface area contributed by atoms with Gasteiger partial charge in [0.1, 0.15) is 0 Å². The van der Waals surface area contributed by atoms with Crippen molar-refractivity contribution >= 4 is 17.3 Å². The molecule has 0 bridgehead atoms. The lowest BCUT2D eigenvalue weighted by Crippen LogP contribution is -2.13. The van der Waals surface area contributed by atoms with Crippen molar-refractivity contribution in [3.8, 4) is 0 Å². The minimum Gasteiger partial charge on any atom is -0.387 e. The van der Waals surface area contributed by atoms with Crippen LogP contribution in [-0.4, -0.2) is 26.0 Å². The lowest BCUT2D eigenvalue weighted by molar-refractivity contribution is -0.389. The minimum atomic E-state index is -1.19. The second kappa shape index (κ2) is 6.20. The van der Waals surface area contributed by atoms with Gasteiger partial charge in [-0.05, 0) is 28.7 Å². The number of anilines is 1. The molecular formula is C15H12F2N4O3. The Bertz CT molecular complexity index is 913. The zero-order valence-electron chi connectivity index (χ0n) is 12.2. The summed E-state index contributed by atoms with van der Waals surface area (Å²) in [6, 6.07) is 7.93. The van der Waals surface area contributed by atoms with Gasteiger partial charge < -0.3 is 20.5 Å². The maximum Gasteiger partial charge on any atom is 0.372 e. The van der Waals surface area contributed by atoms with E-state index in [0.29, 0.717) is 5.65 Å². The van der Waals surface area contributed by atoms with E-state index in [2.05, 4.69) is 10.3 Å². The SMILES string of the molecule is O=[N+]([O-])c1c(NCC(O)c2ccc(F)c(F)c2)nc2ccccn12. The summed E-state index contributed by atoms with van der Waals surface area (Å²) < 4.78 is 27.4. The third kappa shape index (κ3) is 2.88. The van der Waals surface area contributed by atoms with Crippen molar-refractivity contribution < 1.29 is 18.8 Å². The Hall–Kier alpha value is -3.07. The molecule has 3 rings (SSSR count). The van der Waals surface area contributed by atoms with Crippen LogP contribution in [0.3, 0.4) is 0 Å². The van der Waals surface area contributed by atoms with Crippen LogP contribution in [0.25, 0.3) is 5.65 Å². The van der Waals surface area contributed by atoms with Gasteiger partial charge in [0.25, 0.3) is 0 Å². The Morgan fingerprint density at radius 2 is 2.08 bits per heavy atom. The molecule has 9 heteroatoms. The van der Waals surface area contributed by atoms with E-state index in [1.54, 1.807) is 18.2 Å². The molecule has 0 radical (unpaired) electrons. The highest BCUT2D eigenvalue weighted by atomic mass is 19.2. The Kier molecular flexibility index (Phi) is 4.09. The third-order valence-electron chi connectivity index (χ3n) is 3.47. The van der Waals surface area contributed by atoms with Gasteiger partial charge >= 0.3 is 5.82 Å². The summed E-state index contributed by atoms with van der Waals surface area (Å²) in [7, 11) is 0. The predicted molar refractivity (Wildman–Crippen MR) is 81.7 cm³/mol. The monoisotopic (exact) mass is 334 g/mol. The van der Waals surface area contributed by atoms with Crippen LogP contribution in [0.15, 0.2) is 42.6 Å². The second-order valence-corrected chi connectivity index (χ2v) is 5.04. The van der Waals surface area contributed by atoms with E-state index in [-0.39, 0.29) is 23.7 Å². The van der Waals surface area contributed by atoms with E-state index in [1.807, 2.05) is 0 Å². The molecule has 1 aromatic carbocycles. The van der Waals surface area contributed by atoms with E-state index in [1.165, 1.54) is 16.7 Å². The van der Waals surface area contributed by atoms with Gasteiger partial charge in [0.15, 0.2) is 11.6 Å². The molecule has 0 fully saturated rings. The van der Waals surface area contributed by atoms with E-state index in [0.717, 1.165) is 12.1 Å². The Morgan fingerprint density at radius 1 is 1.29 bits per heavy atom. The van der Waals surface area contributed by atoms with E-state index >= 15 is 0 Å². The van der Waals surface area contributed by atoms with Crippen molar-refractivity contribution in [2.24, 2.45) is 0 Å². The van der Waals surface area contributed by atoms with Crippen LogP contribution in [0.5, 0.6) is 0 Å². The van der Waals surface area contributed by atoms with E-state index in [4.69, 9.17) is 0 Å². The number of rotatable bonds is 5.